The molecule has 1 aliphatic rings. The van der Waals surface area contributed by atoms with Crippen LogP contribution in [0.1, 0.15) is 11.6 Å². The van der Waals surface area contributed by atoms with Crippen LogP contribution in [0.25, 0.3) is 0 Å². The molecule has 1 saturated heterocycles. The second-order valence-electron chi connectivity index (χ2n) is 5.07. The van der Waals surface area contributed by atoms with Gasteiger partial charge in [0.15, 0.2) is 0 Å². The van der Waals surface area contributed by atoms with Gasteiger partial charge in [-0.1, -0.05) is 0 Å². The van der Waals surface area contributed by atoms with Crippen molar-refractivity contribution < 1.29 is 23.2 Å². The van der Waals surface area contributed by atoms with Gasteiger partial charge in [0.05, 0.1) is 16.6 Å². The Hall–Kier alpha value is -1.42. The van der Waals surface area contributed by atoms with E-state index in [-0.39, 0.29) is 31.1 Å². The van der Waals surface area contributed by atoms with E-state index in [9.17, 15) is 23.3 Å². The number of nitro benzene ring substituents is 1. The van der Waals surface area contributed by atoms with Gasteiger partial charge in [0.1, 0.15) is 18.5 Å². The van der Waals surface area contributed by atoms with Crippen LogP contribution in [0.3, 0.4) is 0 Å². The van der Waals surface area contributed by atoms with Crippen molar-refractivity contribution in [3.63, 3.8) is 0 Å². The molecule has 1 aromatic carbocycles. The molecule has 2 rings (SSSR count). The number of hydrogen-bond acceptors (Lipinski definition) is 5. The summed E-state index contributed by atoms with van der Waals surface area (Å²) in [6.45, 7) is -0.0559. The van der Waals surface area contributed by atoms with Gasteiger partial charge in [0.25, 0.3) is 11.6 Å². The largest absolute Gasteiger partial charge is 0.390 e. The van der Waals surface area contributed by atoms with E-state index < -0.39 is 35.0 Å². The van der Waals surface area contributed by atoms with E-state index in [1.54, 1.807) is 0 Å². The fraction of sp³-hybridized carbons (Fsp3) is 0.538. The Morgan fingerprint density at radius 1 is 1.39 bits per heavy atom. The summed E-state index contributed by atoms with van der Waals surface area (Å²) in [7, 11) is 0. The van der Waals surface area contributed by atoms with Crippen LogP contribution in [-0.4, -0.2) is 53.6 Å². The first-order valence-electron chi connectivity index (χ1n) is 6.74. The van der Waals surface area contributed by atoms with Crippen molar-refractivity contribution in [2.75, 3.05) is 32.8 Å². The normalized spacial score (nSPS) is 17.4. The number of nitro groups is 1. The molecule has 130 valence electrons. The maximum absolute atomic E-state index is 14.2. The van der Waals surface area contributed by atoms with Gasteiger partial charge >= 0.3 is 0 Å². The van der Waals surface area contributed by atoms with Crippen LogP contribution in [0.2, 0.25) is 0 Å². The lowest BCUT2D eigenvalue weighted by molar-refractivity contribution is -0.386. The van der Waals surface area contributed by atoms with Gasteiger partial charge in [-0.15, -0.1) is 12.4 Å². The minimum atomic E-state index is -3.58. The van der Waals surface area contributed by atoms with Crippen LogP contribution in [-0.2, 0) is 0 Å². The van der Waals surface area contributed by atoms with Gasteiger partial charge in [-0.25, -0.2) is 13.2 Å². The predicted molar refractivity (Wildman–Crippen MR) is 79.5 cm³/mol. The Labute approximate surface area is 136 Å². The van der Waals surface area contributed by atoms with Crippen LogP contribution >= 0.6 is 12.4 Å². The lowest BCUT2D eigenvalue weighted by Crippen LogP contribution is -2.51. The van der Waals surface area contributed by atoms with E-state index in [1.165, 1.54) is 4.90 Å². The fourth-order valence-corrected chi connectivity index (χ4v) is 2.62. The summed E-state index contributed by atoms with van der Waals surface area (Å²) < 4.78 is 41.6. The third-order valence-electron chi connectivity index (χ3n) is 3.61. The Bertz CT molecular complexity index is 557. The number of rotatable bonds is 5. The lowest BCUT2D eigenvalue weighted by Gasteiger charge is -2.38. The minimum Gasteiger partial charge on any atom is -0.390 e. The summed E-state index contributed by atoms with van der Waals surface area (Å²) in [5, 5.41) is 23.1. The topological polar surface area (TPSA) is 78.6 Å². The average molecular weight is 356 g/mol. The molecule has 0 amide bonds. The highest BCUT2D eigenvalue weighted by atomic mass is 35.5. The van der Waals surface area contributed by atoms with Crippen LogP contribution in [0.4, 0.5) is 18.9 Å². The molecule has 1 fully saturated rings. The highest BCUT2D eigenvalue weighted by Gasteiger charge is 2.46. The van der Waals surface area contributed by atoms with Gasteiger partial charge in [-0.05, 0) is 12.1 Å². The van der Waals surface area contributed by atoms with Crippen molar-refractivity contribution in [3.8, 4) is 0 Å². The number of benzene rings is 1. The SMILES string of the molecule is Cl.O=[N+]([O-])c1cc(F)ccc1[C@H](N1CCNCC1)C(F)(F)CO. The summed E-state index contributed by atoms with van der Waals surface area (Å²) >= 11 is 0. The van der Waals surface area contributed by atoms with Crippen LogP contribution in [0.5, 0.6) is 0 Å². The monoisotopic (exact) mass is 355 g/mol. The first kappa shape index (κ1) is 19.6. The molecule has 0 unspecified atom stereocenters. The van der Waals surface area contributed by atoms with E-state index in [2.05, 4.69) is 5.32 Å². The molecule has 0 aromatic heterocycles. The zero-order chi connectivity index (χ0) is 16.3. The lowest BCUT2D eigenvalue weighted by atomic mass is 9.96. The van der Waals surface area contributed by atoms with E-state index in [0.29, 0.717) is 19.2 Å². The molecule has 1 aromatic rings. The number of aliphatic hydroxyl groups excluding tert-OH is 1. The standard InChI is InChI=1S/C13H16F3N3O3.ClH/c14-9-1-2-10(11(7-9)19(21)22)12(13(15,16)8-20)18-5-3-17-4-6-18;/h1-2,7,12,17,20H,3-6,8H2;1H/t12-;/m0./s1. The van der Waals surface area contributed by atoms with Crippen molar-refractivity contribution in [3.05, 3.63) is 39.7 Å². The second-order valence-corrected chi connectivity index (χ2v) is 5.07. The number of halogens is 4. The van der Waals surface area contributed by atoms with E-state index in [4.69, 9.17) is 5.11 Å². The maximum atomic E-state index is 14.2. The molecule has 6 nitrogen and oxygen atoms in total. The van der Waals surface area contributed by atoms with E-state index >= 15 is 0 Å². The minimum absolute atomic E-state index is 0. The molecule has 0 bridgehead atoms. The fourth-order valence-electron chi connectivity index (χ4n) is 2.62. The molecular weight excluding hydrogens is 339 g/mol. The summed E-state index contributed by atoms with van der Waals surface area (Å²) in [5.74, 6) is -4.46. The van der Waals surface area contributed by atoms with Crippen molar-refractivity contribution in [1.29, 1.82) is 0 Å². The first-order chi connectivity index (χ1) is 10.4. The van der Waals surface area contributed by atoms with Gasteiger partial charge in [-0.3, -0.25) is 15.0 Å². The molecule has 0 radical (unpaired) electrons. The highest BCUT2D eigenvalue weighted by molar-refractivity contribution is 5.85. The van der Waals surface area contributed by atoms with Gasteiger partial charge in [-0.2, -0.15) is 0 Å². The molecule has 1 aliphatic heterocycles. The van der Waals surface area contributed by atoms with E-state index in [0.717, 1.165) is 12.1 Å². The Kier molecular flexibility index (Phi) is 6.75. The number of nitrogens with one attached hydrogen (secondary N) is 1. The molecule has 23 heavy (non-hydrogen) atoms. The molecule has 0 saturated carbocycles. The van der Waals surface area contributed by atoms with Crippen LogP contribution in [0.15, 0.2) is 18.2 Å². The molecule has 0 spiro atoms. The molecular formula is C13H17ClF3N3O3. The number of nitrogens with zero attached hydrogens (tertiary/aromatic N) is 2. The van der Waals surface area contributed by atoms with Crippen molar-refractivity contribution in [2.24, 2.45) is 0 Å². The molecule has 1 atom stereocenters. The predicted octanol–water partition coefficient (Wildman–Crippen LogP) is 1.73. The third-order valence-corrected chi connectivity index (χ3v) is 3.61. The molecule has 0 aliphatic carbocycles. The van der Waals surface area contributed by atoms with Crippen LogP contribution < -0.4 is 5.32 Å². The molecule has 10 heteroatoms. The maximum Gasteiger partial charge on any atom is 0.290 e. The van der Waals surface area contributed by atoms with Gasteiger partial charge in [0.2, 0.25) is 0 Å². The van der Waals surface area contributed by atoms with Crippen molar-refractivity contribution in [2.45, 2.75) is 12.0 Å². The van der Waals surface area contributed by atoms with Crippen LogP contribution in [0, 0.1) is 15.9 Å². The highest BCUT2D eigenvalue weighted by Crippen LogP contribution is 2.40. The van der Waals surface area contributed by atoms with Crippen molar-refractivity contribution in [1.82, 2.24) is 10.2 Å². The quantitative estimate of drug-likeness (QED) is 0.621. The first-order valence-corrected chi connectivity index (χ1v) is 6.74. The molecule has 1 heterocycles. The zero-order valence-electron chi connectivity index (χ0n) is 12.0. The summed E-state index contributed by atoms with van der Waals surface area (Å²) in [4.78, 5) is 11.6. The zero-order valence-corrected chi connectivity index (χ0v) is 12.9. The third kappa shape index (κ3) is 4.31. The Morgan fingerprint density at radius 2 is 2.00 bits per heavy atom. The number of piperazine rings is 1. The number of aliphatic hydroxyl groups is 1. The number of hydrogen-bond donors (Lipinski definition) is 2. The van der Waals surface area contributed by atoms with E-state index in [1.807, 2.05) is 0 Å². The summed E-state index contributed by atoms with van der Waals surface area (Å²) in [6, 6.07) is 0.841. The molecule has 2 N–H and O–H groups in total. The summed E-state index contributed by atoms with van der Waals surface area (Å²) in [5.41, 5.74) is -1.01. The second kappa shape index (κ2) is 7.91. The van der Waals surface area contributed by atoms with Crippen molar-refractivity contribution >= 4 is 18.1 Å². The van der Waals surface area contributed by atoms with Gasteiger partial charge < -0.3 is 10.4 Å². The number of alkyl halides is 2. The average Bonchev–Trinajstić information content (AvgIpc) is 2.49. The summed E-state index contributed by atoms with van der Waals surface area (Å²) in [6.07, 6.45) is 0. The van der Waals surface area contributed by atoms with Gasteiger partial charge in [0, 0.05) is 26.2 Å². The smallest absolute Gasteiger partial charge is 0.290 e. The Balaban J connectivity index is 0.00000264. The Morgan fingerprint density at radius 3 is 2.52 bits per heavy atom.